The van der Waals surface area contributed by atoms with E-state index in [-0.39, 0.29) is 12.1 Å². The SMILES string of the molecule is CN=C(NCC1CCN(c2cccc(OC)c2)C1)NC1CN(C(=O)OC(C)(C)C)C1. The number of benzene rings is 1. The van der Waals surface area contributed by atoms with Gasteiger partial charge >= 0.3 is 6.09 Å². The molecule has 2 fully saturated rings. The molecule has 0 aromatic heterocycles. The van der Waals surface area contributed by atoms with E-state index in [1.54, 1.807) is 19.1 Å². The van der Waals surface area contributed by atoms with Gasteiger partial charge in [-0.25, -0.2) is 4.79 Å². The molecule has 0 aliphatic carbocycles. The summed E-state index contributed by atoms with van der Waals surface area (Å²) in [5.41, 5.74) is 0.740. The molecule has 0 spiro atoms. The van der Waals surface area contributed by atoms with E-state index >= 15 is 0 Å². The molecule has 8 nitrogen and oxygen atoms in total. The fourth-order valence-corrected chi connectivity index (χ4v) is 3.72. The van der Waals surface area contributed by atoms with Crippen LogP contribution in [0.5, 0.6) is 5.75 Å². The molecule has 8 heteroatoms. The van der Waals surface area contributed by atoms with Gasteiger partial charge in [0.25, 0.3) is 0 Å². The first-order valence-electron chi connectivity index (χ1n) is 10.6. The summed E-state index contributed by atoms with van der Waals surface area (Å²) in [6.07, 6.45) is 0.879. The van der Waals surface area contributed by atoms with Crippen LogP contribution in [-0.4, -0.2) is 75.5 Å². The van der Waals surface area contributed by atoms with Crippen LogP contribution in [0.3, 0.4) is 0 Å². The van der Waals surface area contributed by atoms with E-state index < -0.39 is 5.60 Å². The molecule has 2 aliphatic heterocycles. The number of anilines is 1. The second-order valence-electron chi connectivity index (χ2n) is 8.98. The third-order valence-corrected chi connectivity index (χ3v) is 5.36. The maximum Gasteiger partial charge on any atom is 0.410 e. The van der Waals surface area contributed by atoms with Gasteiger partial charge in [-0.3, -0.25) is 4.99 Å². The average Bonchev–Trinajstić information content (AvgIpc) is 3.14. The van der Waals surface area contributed by atoms with E-state index in [4.69, 9.17) is 9.47 Å². The molecule has 2 heterocycles. The van der Waals surface area contributed by atoms with Gasteiger partial charge < -0.3 is 29.9 Å². The third kappa shape index (κ3) is 5.93. The smallest absolute Gasteiger partial charge is 0.410 e. The molecule has 1 aromatic rings. The highest BCUT2D eigenvalue weighted by Crippen LogP contribution is 2.26. The molecule has 166 valence electrons. The first-order chi connectivity index (χ1) is 14.3. The highest BCUT2D eigenvalue weighted by molar-refractivity contribution is 5.80. The topological polar surface area (TPSA) is 78.4 Å². The van der Waals surface area contributed by atoms with Crippen LogP contribution in [-0.2, 0) is 4.74 Å². The summed E-state index contributed by atoms with van der Waals surface area (Å²) in [6.45, 7) is 9.81. The lowest BCUT2D eigenvalue weighted by Gasteiger charge is -2.40. The Morgan fingerprint density at radius 1 is 1.27 bits per heavy atom. The summed E-state index contributed by atoms with van der Waals surface area (Å²) in [4.78, 5) is 20.5. The largest absolute Gasteiger partial charge is 0.497 e. The van der Waals surface area contributed by atoms with Crippen LogP contribution >= 0.6 is 0 Å². The molecular weight excluding hydrogens is 382 g/mol. The zero-order valence-corrected chi connectivity index (χ0v) is 18.8. The molecule has 1 unspecified atom stereocenters. The minimum Gasteiger partial charge on any atom is -0.497 e. The van der Waals surface area contributed by atoms with Crippen LogP contribution in [0.2, 0.25) is 0 Å². The number of hydrogen-bond donors (Lipinski definition) is 2. The van der Waals surface area contributed by atoms with Gasteiger partial charge in [0.05, 0.1) is 13.2 Å². The van der Waals surface area contributed by atoms with Gasteiger partial charge in [-0.15, -0.1) is 0 Å². The Kier molecular flexibility index (Phi) is 6.95. The zero-order chi connectivity index (χ0) is 21.7. The fourth-order valence-electron chi connectivity index (χ4n) is 3.72. The number of methoxy groups -OCH3 is 1. The van der Waals surface area contributed by atoms with E-state index in [9.17, 15) is 4.79 Å². The van der Waals surface area contributed by atoms with Crippen LogP contribution in [0.1, 0.15) is 27.2 Å². The number of carbonyl (C=O) groups is 1. The van der Waals surface area contributed by atoms with E-state index in [0.717, 1.165) is 37.8 Å². The Balaban J connectivity index is 1.39. The summed E-state index contributed by atoms with van der Waals surface area (Å²) >= 11 is 0. The first kappa shape index (κ1) is 22.1. The molecule has 0 radical (unpaired) electrons. The average molecular weight is 418 g/mol. The summed E-state index contributed by atoms with van der Waals surface area (Å²) in [7, 11) is 3.47. The summed E-state index contributed by atoms with van der Waals surface area (Å²) in [5.74, 6) is 2.22. The number of amides is 1. The van der Waals surface area contributed by atoms with Gasteiger partial charge in [0.1, 0.15) is 11.4 Å². The van der Waals surface area contributed by atoms with Crippen LogP contribution < -0.4 is 20.3 Å². The maximum atomic E-state index is 12.0. The third-order valence-electron chi connectivity index (χ3n) is 5.36. The molecule has 2 aliphatic rings. The number of carbonyl (C=O) groups excluding carboxylic acids is 1. The quantitative estimate of drug-likeness (QED) is 0.565. The molecular formula is C22H35N5O3. The van der Waals surface area contributed by atoms with E-state index in [2.05, 4.69) is 32.7 Å². The number of ether oxygens (including phenoxy) is 2. The van der Waals surface area contributed by atoms with Crippen molar-refractivity contribution < 1.29 is 14.3 Å². The molecule has 2 N–H and O–H groups in total. The van der Waals surface area contributed by atoms with Crippen molar-refractivity contribution in [2.45, 2.75) is 38.8 Å². The van der Waals surface area contributed by atoms with Gasteiger partial charge in [0, 0.05) is 51.5 Å². The van der Waals surface area contributed by atoms with Crippen molar-refractivity contribution in [1.29, 1.82) is 0 Å². The van der Waals surface area contributed by atoms with Gasteiger partial charge in [0.2, 0.25) is 0 Å². The lowest BCUT2D eigenvalue weighted by Crippen LogP contribution is -2.63. The zero-order valence-electron chi connectivity index (χ0n) is 18.8. The number of guanidine groups is 1. The number of nitrogens with zero attached hydrogens (tertiary/aromatic N) is 3. The maximum absolute atomic E-state index is 12.0. The second-order valence-corrected chi connectivity index (χ2v) is 8.98. The van der Waals surface area contributed by atoms with E-state index in [1.807, 2.05) is 32.9 Å². The summed E-state index contributed by atoms with van der Waals surface area (Å²) in [5, 5.41) is 6.83. The van der Waals surface area contributed by atoms with Crippen molar-refractivity contribution in [2.24, 2.45) is 10.9 Å². The van der Waals surface area contributed by atoms with Crippen molar-refractivity contribution in [2.75, 3.05) is 51.8 Å². The van der Waals surface area contributed by atoms with Gasteiger partial charge in [0.15, 0.2) is 5.96 Å². The number of nitrogens with one attached hydrogen (secondary N) is 2. The highest BCUT2D eigenvalue weighted by atomic mass is 16.6. The monoisotopic (exact) mass is 417 g/mol. The highest BCUT2D eigenvalue weighted by Gasteiger charge is 2.34. The predicted molar refractivity (Wildman–Crippen MR) is 119 cm³/mol. The fraction of sp³-hybridized carbons (Fsp3) is 0.636. The number of rotatable bonds is 5. The Morgan fingerprint density at radius 2 is 2.03 bits per heavy atom. The Bertz CT molecular complexity index is 755. The van der Waals surface area contributed by atoms with Crippen LogP contribution in [0.4, 0.5) is 10.5 Å². The molecule has 30 heavy (non-hydrogen) atoms. The Labute approximate surface area is 179 Å². The van der Waals surface area contributed by atoms with Crippen LogP contribution in [0.15, 0.2) is 29.3 Å². The Morgan fingerprint density at radius 3 is 2.70 bits per heavy atom. The van der Waals surface area contributed by atoms with Crippen molar-refractivity contribution in [3.63, 3.8) is 0 Å². The number of likely N-dealkylation sites (tertiary alicyclic amines) is 1. The van der Waals surface area contributed by atoms with Crippen LogP contribution in [0, 0.1) is 5.92 Å². The van der Waals surface area contributed by atoms with Crippen molar-refractivity contribution in [3.05, 3.63) is 24.3 Å². The van der Waals surface area contributed by atoms with E-state index in [1.165, 1.54) is 5.69 Å². The van der Waals surface area contributed by atoms with Crippen molar-refractivity contribution in [1.82, 2.24) is 15.5 Å². The van der Waals surface area contributed by atoms with Gasteiger partial charge in [-0.05, 0) is 45.2 Å². The number of aliphatic imine (C=N–C) groups is 1. The lowest BCUT2D eigenvalue weighted by molar-refractivity contribution is 0.00701. The molecule has 0 saturated carbocycles. The molecule has 3 rings (SSSR count). The molecule has 1 atom stereocenters. The molecule has 0 bridgehead atoms. The van der Waals surface area contributed by atoms with Crippen molar-refractivity contribution in [3.8, 4) is 5.75 Å². The lowest BCUT2D eigenvalue weighted by atomic mass is 10.1. The van der Waals surface area contributed by atoms with E-state index in [0.29, 0.717) is 19.0 Å². The van der Waals surface area contributed by atoms with Gasteiger partial charge in [-0.1, -0.05) is 6.07 Å². The number of hydrogen-bond acceptors (Lipinski definition) is 5. The second kappa shape index (κ2) is 9.45. The summed E-state index contributed by atoms with van der Waals surface area (Å²) < 4.78 is 10.7. The molecule has 2 saturated heterocycles. The van der Waals surface area contributed by atoms with Crippen molar-refractivity contribution >= 4 is 17.7 Å². The Hall–Kier alpha value is -2.64. The minimum absolute atomic E-state index is 0.195. The molecule has 1 amide bonds. The normalized spacial score (nSPS) is 20.0. The standard InChI is InChI=1S/C22H35N5O3/c1-22(2,3)30-21(28)27-14-17(15-27)25-20(23-4)24-12-16-9-10-26(13-16)18-7-6-8-19(11-18)29-5/h6-8,11,16-17H,9-10,12-15H2,1-5H3,(H2,23,24,25). The summed E-state index contributed by atoms with van der Waals surface area (Å²) in [6, 6.07) is 8.42. The minimum atomic E-state index is -0.465. The first-order valence-corrected chi connectivity index (χ1v) is 10.6. The van der Waals surface area contributed by atoms with Gasteiger partial charge in [-0.2, -0.15) is 0 Å². The van der Waals surface area contributed by atoms with Crippen LogP contribution in [0.25, 0.3) is 0 Å². The predicted octanol–water partition coefficient (Wildman–Crippen LogP) is 2.31. The molecule has 1 aromatic carbocycles.